The van der Waals surface area contributed by atoms with Gasteiger partial charge in [0.1, 0.15) is 0 Å². The van der Waals surface area contributed by atoms with Crippen LogP contribution >= 0.6 is 23.2 Å². The molecule has 0 nitrogen and oxygen atoms in total. The fourth-order valence-electron chi connectivity index (χ4n) is 0.249. The van der Waals surface area contributed by atoms with Crippen molar-refractivity contribution < 1.29 is 22.0 Å². The van der Waals surface area contributed by atoms with E-state index in [2.05, 4.69) is 23.2 Å². The van der Waals surface area contributed by atoms with Crippen LogP contribution in [-0.2, 0) is 0 Å². The van der Waals surface area contributed by atoms with Gasteiger partial charge in [0.25, 0.3) is 0 Å². The van der Waals surface area contributed by atoms with Crippen molar-refractivity contribution >= 4 is 23.2 Å². The van der Waals surface area contributed by atoms with E-state index >= 15 is 0 Å². The van der Waals surface area contributed by atoms with Gasteiger partial charge < -0.3 is 0 Å². The maximum absolute atomic E-state index is 12.0. The molecule has 0 spiro atoms. The molecule has 0 aromatic carbocycles. The van der Waals surface area contributed by atoms with E-state index in [1.165, 1.54) is 0 Å². The smallest absolute Gasteiger partial charge is 0.193 e. The van der Waals surface area contributed by atoms with Crippen molar-refractivity contribution in [3.8, 4) is 0 Å². The first kappa shape index (κ1) is 11.2. The summed E-state index contributed by atoms with van der Waals surface area (Å²) in [5.41, 5.74) is 0. The summed E-state index contributed by atoms with van der Waals surface area (Å²) in [6.07, 6.45) is -5.72. The van der Waals surface area contributed by atoms with Gasteiger partial charge in [-0.1, -0.05) is 23.2 Å². The van der Waals surface area contributed by atoms with Gasteiger partial charge >= 0.3 is 12.1 Å². The van der Waals surface area contributed by atoms with Crippen molar-refractivity contribution in [2.45, 2.75) is 23.4 Å². The van der Waals surface area contributed by atoms with E-state index in [0.717, 1.165) is 0 Å². The van der Waals surface area contributed by atoms with Crippen LogP contribution in [0, 0.1) is 0 Å². The van der Waals surface area contributed by atoms with E-state index in [4.69, 9.17) is 0 Å². The fraction of sp³-hybridized carbons (Fsp3) is 1.00. The highest BCUT2D eigenvalue weighted by molar-refractivity contribution is 6.48. The van der Waals surface area contributed by atoms with Crippen LogP contribution in [0.3, 0.4) is 0 Å². The molecule has 68 valence electrons. The Morgan fingerprint density at radius 1 is 0.909 bits per heavy atom. The van der Waals surface area contributed by atoms with Crippen LogP contribution in [-0.4, -0.2) is 16.4 Å². The van der Waals surface area contributed by atoms with Crippen molar-refractivity contribution in [1.29, 1.82) is 0 Å². The highest BCUT2D eigenvalue weighted by atomic mass is 35.5. The summed E-state index contributed by atoms with van der Waals surface area (Å²) in [4.78, 5) is 0. The molecule has 11 heavy (non-hydrogen) atoms. The standard InChI is InChI=1S/C4H3Cl2F5/c1-2(5,6)3(7,8)4(9,10)11/h1H3. The van der Waals surface area contributed by atoms with Crippen molar-refractivity contribution in [1.82, 2.24) is 0 Å². The summed E-state index contributed by atoms with van der Waals surface area (Å²) in [6.45, 7) is 0.379. The van der Waals surface area contributed by atoms with Gasteiger partial charge in [-0.15, -0.1) is 0 Å². The number of hydrogen-bond acceptors (Lipinski definition) is 0. The van der Waals surface area contributed by atoms with Crippen LogP contribution < -0.4 is 0 Å². The minimum absolute atomic E-state index is 0.379. The molecule has 0 radical (unpaired) electrons. The summed E-state index contributed by atoms with van der Waals surface area (Å²) in [7, 11) is 0. The predicted molar refractivity (Wildman–Crippen MR) is 31.1 cm³/mol. The normalized spacial score (nSPS) is 15.3. The van der Waals surface area contributed by atoms with E-state index in [0.29, 0.717) is 6.92 Å². The van der Waals surface area contributed by atoms with Crippen molar-refractivity contribution in [2.75, 3.05) is 0 Å². The lowest BCUT2D eigenvalue weighted by Gasteiger charge is -2.27. The summed E-state index contributed by atoms with van der Waals surface area (Å²) in [5.74, 6) is -5.09. The van der Waals surface area contributed by atoms with Gasteiger partial charge in [-0.2, -0.15) is 22.0 Å². The van der Waals surface area contributed by atoms with Crippen molar-refractivity contribution in [2.24, 2.45) is 0 Å². The van der Waals surface area contributed by atoms with Crippen LogP contribution in [0.5, 0.6) is 0 Å². The first-order valence-corrected chi connectivity index (χ1v) is 3.08. The molecule has 0 bridgehead atoms. The first-order chi connectivity index (χ1) is 4.50. The number of rotatable bonds is 1. The van der Waals surface area contributed by atoms with Crippen LogP contribution in [0.15, 0.2) is 0 Å². The van der Waals surface area contributed by atoms with Gasteiger partial charge in [0.15, 0.2) is 4.33 Å². The highest BCUT2D eigenvalue weighted by Crippen LogP contribution is 2.48. The lowest BCUT2D eigenvalue weighted by atomic mass is 10.2. The molecule has 0 N–H and O–H groups in total. The van der Waals surface area contributed by atoms with Gasteiger partial charge in [-0.25, -0.2) is 0 Å². The second-order valence-electron chi connectivity index (χ2n) is 1.96. The monoisotopic (exact) mass is 216 g/mol. The highest BCUT2D eigenvalue weighted by Gasteiger charge is 2.67. The number of hydrogen-bond donors (Lipinski definition) is 0. The summed E-state index contributed by atoms with van der Waals surface area (Å²) < 4.78 is 55.2. The molecule has 0 saturated heterocycles. The molecular formula is C4H3Cl2F5. The Morgan fingerprint density at radius 3 is 1.18 bits per heavy atom. The molecule has 0 saturated carbocycles. The summed E-state index contributed by atoms with van der Waals surface area (Å²) >= 11 is 9.21. The maximum Gasteiger partial charge on any atom is 0.456 e. The molecule has 0 atom stereocenters. The Hall–Kier alpha value is 0.230. The maximum atomic E-state index is 12.0. The first-order valence-electron chi connectivity index (χ1n) is 2.32. The molecule has 7 heteroatoms. The second kappa shape index (κ2) is 2.62. The van der Waals surface area contributed by atoms with E-state index in [9.17, 15) is 22.0 Å². The number of alkyl halides is 7. The minimum Gasteiger partial charge on any atom is -0.193 e. The van der Waals surface area contributed by atoms with E-state index in [-0.39, 0.29) is 0 Å². The lowest BCUT2D eigenvalue weighted by Crippen LogP contribution is -2.48. The zero-order valence-electron chi connectivity index (χ0n) is 5.15. The molecule has 0 aliphatic heterocycles. The zero-order chi connectivity index (χ0) is 9.50. The Kier molecular flexibility index (Phi) is 2.68. The quantitative estimate of drug-likeness (QED) is 0.466. The molecule has 0 rings (SSSR count). The van der Waals surface area contributed by atoms with Crippen LogP contribution in [0.2, 0.25) is 0 Å². The van der Waals surface area contributed by atoms with Gasteiger partial charge in [0.05, 0.1) is 0 Å². The molecular weight excluding hydrogens is 214 g/mol. The van der Waals surface area contributed by atoms with Crippen molar-refractivity contribution in [3.05, 3.63) is 0 Å². The topological polar surface area (TPSA) is 0 Å². The second-order valence-corrected chi connectivity index (χ2v) is 3.67. The third kappa shape index (κ3) is 2.08. The van der Waals surface area contributed by atoms with Crippen LogP contribution in [0.4, 0.5) is 22.0 Å². The van der Waals surface area contributed by atoms with Crippen molar-refractivity contribution in [3.63, 3.8) is 0 Å². The SMILES string of the molecule is CC(Cl)(Cl)C(F)(F)C(F)(F)F. The Labute approximate surface area is 69.3 Å². The Bertz CT molecular complexity index is 128. The van der Waals surface area contributed by atoms with E-state index in [1.807, 2.05) is 0 Å². The van der Waals surface area contributed by atoms with Gasteiger partial charge in [-0.3, -0.25) is 0 Å². The summed E-state index contributed by atoms with van der Waals surface area (Å²) in [5, 5.41) is 0. The molecule has 0 aliphatic carbocycles. The molecule has 0 aliphatic rings. The van der Waals surface area contributed by atoms with E-state index < -0.39 is 16.4 Å². The fourth-order valence-corrected chi connectivity index (χ4v) is 0.463. The average molecular weight is 217 g/mol. The lowest BCUT2D eigenvalue weighted by molar-refractivity contribution is -0.285. The van der Waals surface area contributed by atoms with Gasteiger partial charge in [0, 0.05) is 0 Å². The van der Waals surface area contributed by atoms with Crippen LogP contribution in [0.25, 0.3) is 0 Å². The molecule has 0 heterocycles. The number of halogens is 7. The zero-order valence-corrected chi connectivity index (χ0v) is 6.66. The summed E-state index contributed by atoms with van der Waals surface area (Å²) in [6, 6.07) is 0. The molecule has 0 aromatic rings. The largest absolute Gasteiger partial charge is 0.456 e. The molecule has 0 unspecified atom stereocenters. The molecule has 0 aromatic heterocycles. The van der Waals surface area contributed by atoms with Gasteiger partial charge in [0.2, 0.25) is 0 Å². The Morgan fingerprint density at radius 2 is 1.18 bits per heavy atom. The predicted octanol–water partition coefficient (Wildman–Crippen LogP) is 3.38. The molecule has 0 fully saturated rings. The third-order valence-electron chi connectivity index (χ3n) is 0.907. The molecule has 0 amide bonds. The average Bonchev–Trinajstić information content (AvgIpc) is 1.58. The third-order valence-corrected chi connectivity index (χ3v) is 1.38. The van der Waals surface area contributed by atoms with Gasteiger partial charge in [-0.05, 0) is 6.92 Å². The van der Waals surface area contributed by atoms with Crippen LogP contribution in [0.1, 0.15) is 6.92 Å². The minimum atomic E-state index is -5.72. The Balaban J connectivity index is 4.75. The van der Waals surface area contributed by atoms with E-state index in [1.54, 1.807) is 0 Å².